The van der Waals surface area contributed by atoms with Crippen molar-refractivity contribution in [2.45, 2.75) is 0 Å². The van der Waals surface area contributed by atoms with E-state index in [2.05, 4.69) is 0 Å². The van der Waals surface area contributed by atoms with Gasteiger partial charge in [-0.3, -0.25) is 0 Å². The summed E-state index contributed by atoms with van der Waals surface area (Å²) in [5, 5.41) is 35.1. The van der Waals surface area contributed by atoms with Gasteiger partial charge < -0.3 is 19.9 Å². The highest BCUT2D eigenvalue weighted by Crippen LogP contribution is 2.41. The molecule has 0 saturated carbocycles. The zero-order valence-electron chi connectivity index (χ0n) is 25.8. The minimum absolute atomic E-state index is 0.0189. The molecule has 0 saturated heterocycles. The second-order valence-corrected chi connectivity index (χ2v) is 11.6. The molecule has 7 nitrogen and oxygen atoms in total. The summed E-state index contributed by atoms with van der Waals surface area (Å²) in [7, 11) is 31.7. The van der Waals surface area contributed by atoms with Crippen molar-refractivity contribution in [3.8, 4) is 57.1 Å². The lowest BCUT2D eigenvalue weighted by atomic mass is 9.71. The van der Waals surface area contributed by atoms with Crippen LogP contribution in [-0.2, 0) is 0 Å². The standard InChI is InChI=1S/C37H19B5N4O3/c38-25-23-24-26(39)28(41)33(48)34(49)31(24)46(30(23)29(42)32(47)27(25)40)22-16-15-21(19-13-7-8-14-20(19)22)37-44-35(17-9-3-1-4-10-17)43-36(45-37)18-11-5-2-6-12-18/h1-16,47-49H. The third-order valence-corrected chi connectivity index (χ3v) is 8.84. The van der Waals surface area contributed by atoms with Crippen molar-refractivity contribution in [3.05, 3.63) is 97.1 Å². The highest BCUT2D eigenvalue weighted by Gasteiger charge is 2.27. The molecular weight excluding hydrogens is 602 g/mol. The molecule has 3 N–H and O–H groups in total. The molecule has 2 heterocycles. The number of phenolic OH excluding ortho intramolecular Hbond substituents is 3. The zero-order chi connectivity index (χ0) is 34.1. The van der Waals surface area contributed by atoms with Crippen molar-refractivity contribution in [1.29, 1.82) is 0 Å². The Morgan fingerprint density at radius 1 is 0.429 bits per heavy atom. The molecule has 0 fully saturated rings. The molecule has 8 aromatic rings. The minimum atomic E-state index is -0.614. The topological polar surface area (TPSA) is 104 Å². The summed E-state index contributed by atoms with van der Waals surface area (Å²) < 4.78 is 1.59. The number of phenols is 3. The van der Waals surface area contributed by atoms with E-state index in [1.165, 1.54) is 0 Å². The molecule has 12 heteroatoms. The lowest BCUT2D eigenvalue weighted by Gasteiger charge is -2.18. The SMILES string of the molecule is [B]c1c(O)c([B])c2c(c1[B])c1c([B])c([B])c(O)c(O)c1n2-c1ccc(-c2nc(-c3ccccc3)nc(-c3ccccc3)n2)c2ccccc12. The molecule has 0 atom stereocenters. The maximum Gasteiger partial charge on any atom is 0.182 e. The quantitative estimate of drug-likeness (QED) is 0.206. The monoisotopic (exact) mass is 622 g/mol. The number of aromatic nitrogens is 4. The van der Waals surface area contributed by atoms with Gasteiger partial charge in [-0.05, 0) is 28.4 Å². The highest BCUT2D eigenvalue weighted by atomic mass is 16.3. The van der Waals surface area contributed by atoms with Crippen LogP contribution in [0.25, 0.3) is 72.4 Å². The van der Waals surface area contributed by atoms with E-state index in [4.69, 9.17) is 54.2 Å². The van der Waals surface area contributed by atoms with Crippen LogP contribution in [0.2, 0.25) is 0 Å². The third kappa shape index (κ3) is 4.54. The van der Waals surface area contributed by atoms with Crippen LogP contribution in [0, 0.1) is 0 Å². The molecule has 10 radical (unpaired) electrons. The third-order valence-electron chi connectivity index (χ3n) is 8.84. The fourth-order valence-corrected chi connectivity index (χ4v) is 6.44. The van der Waals surface area contributed by atoms with Gasteiger partial charge in [-0.15, -0.1) is 0 Å². The van der Waals surface area contributed by atoms with E-state index in [-0.39, 0.29) is 49.1 Å². The number of rotatable bonds is 4. The summed E-state index contributed by atoms with van der Waals surface area (Å²) in [6.07, 6.45) is 0. The zero-order valence-corrected chi connectivity index (χ0v) is 25.8. The number of hydrogen-bond donors (Lipinski definition) is 3. The van der Waals surface area contributed by atoms with Crippen molar-refractivity contribution in [3.63, 3.8) is 0 Å². The van der Waals surface area contributed by atoms with Crippen LogP contribution in [0.15, 0.2) is 97.1 Å². The molecule has 49 heavy (non-hydrogen) atoms. The maximum atomic E-state index is 11.4. The van der Waals surface area contributed by atoms with Crippen molar-refractivity contribution in [2.75, 3.05) is 0 Å². The van der Waals surface area contributed by atoms with Crippen LogP contribution in [-0.4, -0.2) is 74.1 Å². The predicted octanol–water partition coefficient (Wildman–Crippen LogP) is 2.21. The van der Waals surface area contributed by atoms with Gasteiger partial charge in [-0.2, -0.15) is 0 Å². The van der Waals surface area contributed by atoms with Gasteiger partial charge in [0.05, 0.1) is 16.7 Å². The summed E-state index contributed by atoms with van der Waals surface area (Å²) in [6.45, 7) is 0. The van der Waals surface area contributed by atoms with Crippen molar-refractivity contribution in [2.24, 2.45) is 0 Å². The van der Waals surface area contributed by atoms with Gasteiger partial charge in [0, 0.05) is 27.5 Å². The van der Waals surface area contributed by atoms with Gasteiger partial charge in [0.25, 0.3) is 0 Å². The first kappa shape index (κ1) is 30.4. The lowest BCUT2D eigenvalue weighted by Crippen LogP contribution is -2.33. The molecule has 0 unspecified atom stereocenters. The summed E-state index contributed by atoms with van der Waals surface area (Å²) in [6, 6.07) is 30.5. The Balaban J connectivity index is 1.48. The number of aromatic hydroxyl groups is 3. The predicted molar refractivity (Wildman–Crippen MR) is 200 cm³/mol. The molecule has 0 aliphatic carbocycles. The highest BCUT2D eigenvalue weighted by molar-refractivity contribution is 6.62. The van der Waals surface area contributed by atoms with Crippen LogP contribution in [0.4, 0.5) is 0 Å². The van der Waals surface area contributed by atoms with Gasteiger partial charge in [0.1, 0.15) is 45.0 Å². The summed E-state index contributed by atoms with van der Waals surface area (Å²) in [5.74, 6) is -0.159. The van der Waals surface area contributed by atoms with Crippen LogP contribution < -0.4 is 27.3 Å². The average Bonchev–Trinajstić information content (AvgIpc) is 3.51. The van der Waals surface area contributed by atoms with Crippen molar-refractivity contribution < 1.29 is 15.3 Å². The van der Waals surface area contributed by atoms with Gasteiger partial charge in [0.15, 0.2) is 29.0 Å². The van der Waals surface area contributed by atoms with Gasteiger partial charge in [0.2, 0.25) is 0 Å². The van der Waals surface area contributed by atoms with E-state index >= 15 is 0 Å². The van der Waals surface area contributed by atoms with Crippen molar-refractivity contribution in [1.82, 2.24) is 19.5 Å². The molecule has 0 amide bonds. The summed E-state index contributed by atoms with van der Waals surface area (Å²) in [4.78, 5) is 14.7. The van der Waals surface area contributed by atoms with E-state index in [1.807, 2.05) is 91.0 Å². The molecular formula is C37H19B5N4O3. The van der Waals surface area contributed by atoms with E-state index in [0.717, 1.165) is 16.5 Å². The van der Waals surface area contributed by atoms with E-state index in [9.17, 15) is 15.3 Å². The Bertz CT molecular complexity index is 2510. The van der Waals surface area contributed by atoms with E-state index in [1.54, 1.807) is 10.6 Å². The molecule has 8 rings (SSSR count). The molecule has 0 bridgehead atoms. The first-order chi connectivity index (χ1) is 23.7. The minimum Gasteiger partial charge on any atom is -0.509 e. The number of hydrogen-bond acceptors (Lipinski definition) is 6. The number of benzene rings is 6. The number of fused-ring (bicyclic) bond motifs is 4. The number of nitrogens with zero attached hydrogens (tertiary/aromatic N) is 4. The fourth-order valence-electron chi connectivity index (χ4n) is 6.44. The van der Waals surface area contributed by atoms with Crippen LogP contribution in [0.3, 0.4) is 0 Å². The Morgan fingerprint density at radius 2 is 0.918 bits per heavy atom. The van der Waals surface area contributed by atoms with E-state index in [0.29, 0.717) is 34.1 Å². The molecule has 0 aliphatic heterocycles. The summed E-state index contributed by atoms with van der Waals surface area (Å²) in [5.41, 5.74) is 2.57. The molecule has 0 aliphatic rings. The second-order valence-electron chi connectivity index (χ2n) is 11.6. The lowest BCUT2D eigenvalue weighted by molar-refractivity contribution is 0.410. The molecule has 220 valence electrons. The second kappa shape index (κ2) is 11.4. The van der Waals surface area contributed by atoms with Gasteiger partial charge in [-0.25, -0.2) is 15.0 Å². The fraction of sp³-hybridized carbons (Fsp3) is 0. The largest absolute Gasteiger partial charge is 0.509 e. The Hall–Kier alpha value is -5.89. The van der Waals surface area contributed by atoms with Crippen LogP contribution >= 0.6 is 0 Å². The Morgan fingerprint density at radius 3 is 1.51 bits per heavy atom. The first-order valence-corrected chi connectivity index (χ1v) is 15.2. The normalized spacial score (nSPS) is 11.5. The maximum absolute atomic E-state index is 11.4. The van der Waals surface area contributed by atoms with Crippen LogP contribution in [0.5, 0.6) is 17.2 Å². The van der Waals surface area contributed by atoms with Gasteiger partial charge in [-0.1, -0.05) is 107 Å². The Labute approximate surface area is 287 Å². The Kier molecular flexibility index (Phi) is 7.07. The van der Waals surface area contributed by atoms with Crippen molar-refractivity contribution >= 4 is 99.1 Å². The molecule has 0 spiro atoms. The van der Waals surface area contributed by atoms with Crippen LogP contribution in [0.1, 0.15) is 0 Å². The average molecular weight is 622 g/mol. The smallest absolute Gasteiger partial charge is 0.182 e. The van der Waals surface area contributed by atoms with E-state index < -0.39 is 17.2 Å². The first-order valence-electron chi connectivity index (χ1n) is 15.2. The summed E-state index contributed by atoms with van der Waals surface area (Å²) >= 11 is 0. The molecule has 6 aromatic carbocycles. The van der Waals surface area contributed by atoms with Gasteiger partial charge >= 0.3 is 0 Å². The molecule has 2 aromatic heterocycles.